The number of methoxy groups -OCH3 is 1. The summed E-state index contributed by atoms with van der Waals surface area (Å²) in [4.78, 5) is 47.6. The summed E-state index contributed by atoms with van der Waals surface area (Å²) in [6.07, 6.45) is 19.1. The van der Waals surface area contributed by atoms with Gasteiger partial charge in [-0.1, -0.05) is 85.7 Å². The summed E-state index contributed by atoms with van der Waals surface area (Å²) < 4.78 is 12.4. The third-order valence-corrected chi connectivity index (χ3v) is 21.1. The fourth-order valence-electron chi connectivity index (χ4n) is 17.0. The number of carbonyl (C=O) groups excluding carboxylic acids is 4. The Bertz CT molecular complexity index is 1770. The van der Waals surface area contributed by atoms with Gasteiger partial charge in [0.05, 0.1) is 17.4 Å². The van der Waals surface area contributed by atoms with Crippen LogP contribution >= 0.6 is 0 Å². The number of hydrogen-bond donors (Lipinski definition) is 0. The predicted molar refractivity (Wildman–Crippen MR) is 229 cm³/mol. The average molecular weight is 812 g/mol. The molecule has 0 N–H and O–H groups in total. The van der Waals surface area contributed by atoms with E-state index >= 15 is 4.79 Å². The lowest BCUT2D eigenvalue weighted by Crippen LogP contribution is -2.68. The Morgan fingerprint density at radius 3 is 2.02 bits per heavy atom. The maximum absolute atomic E-state index is 15.0. The molecule has 1 saturated heterocycles. The topological polar surface area (TPSA) is 90.0 Å². The molecule has 0 aromatic heterocycles. The fourth-order valence-corrected chi connectivity index (χ4v) is 17.0. The van der Waals surface area contributed by atoms with Crippen molar-refractivity contribution in [3.05, 3.63) is 35.9 Å². The fraction of sp³-hybridized carbons (Fsp3) is 0.827. The summed E-state index contributed by atoms with van der Waals surface area (Å²) in [6, 6.07) is 10.8. The second-order valence-corrected chi connectivity index (χ2v) is 23.7. The average Bonchev–Trinajstić information content (AvgIpc) is 3.82. The van der Waals surface area contributed by atoms with Crippen molar-refractivity contribution in [3.63, 3.8) is 0 Å². The number of hydrogen-bond acceptors (Lipinski definition) is 6. The van der Waals surface area contributed by atoms with Gasteiger partial charge in [0.25, 0.3) is 0 Å². The molecule has 7 aliphatic carbocycles. The molecule has 0 radical (unpaired) electrons. The van der Waals surface area contributed by atoms with E-state index in [1.54, 1.807) is 0 Å². The van der Waals surface area contributed by atoms with Crippen LogP contribution in [-0.4, -0.2) is 55.3 Å². The molecule has 0 spiro atoms. The van der Waals surface area contributed by atoms with Crippen LogP contribution in [-0.2, 0) is 35.1 Å². The molecular weight excluding hydrogens is 735 g/mol. The lowest BCUT2D eigenvalue weighted by atomic mass is 9.32. The first-order valence-corrected chi connectivity index (χ1v) is 23.9. The zero-order valence-corrected chi connectivity index (χ0v) is 38.2. The van der Waals surface area contributed by atoms with Gasteiger partial charge < -0.3 is 14.4 Å². The maximum atomic E-state index is 15.0. The van der Waals surface area contributed by atoms with E-state index in [-0.39, 0.29) is 56.6 Å². The van der Waals surface area contributed by atoms with Crippen LogP contribution in [0, 0.1) is 79.3 Å². The van der Waals surface area contributed by atoms with Crippen LogP contribution in [0.4, 0.5) is 0 Å². The molecule has 1 unspecified atom stereocenters. The number of esters is 1. The first-order chi connectivity index (χ1) is 27.9. The number of benzene rings is 1. The Kier molecular flexibility index (Phi) is 11.0. The Hall–Kier alpha value is -2.50. The molecule has 59 heavy (non-hydrogen) atoms. The van der Waals surface area contributed by atoms with E-state index in [9.17, 15) is 4.79 Å². The SMILES string of the molecule is COC1CCN(C(=O)[C@]23CC[C@@H](C4(C)CC4)[C@@H]2[C@H]2CC[C@@H]4[C@@]5(C)CC[C@H](OC(=O)[C@H]6CC(Cc7ccccc7)C6(C)C)C(C)(C)[C@@H]5CC[C@@]4(C)[C@]2(C)CC3)CC1.O=C=O. The van der Waals surface area contributed by atoms with E-state index in [0.717, 1.165) is 64.5 Å². The van der Waals surface area contributed by atoms with Gasteiger partial charge in [0.15, 0.2) is 0 Å². The number of likely N-dealkylation sites (tertiary alicyclic amines) is 1. The van der Waals surface area contributed by atoms with Gasteiger partial charge in [0.1, 0.15) is 6.10 Å². The summed E-state index contributed by atoms with van der Waals surface area (Å²) in [7, 11) is 1.83. The molecule has 7 heteroatoms. The Labute approximate surface area is 356 Å². The zero-order chi connectivity index (χ0) is 42.4. The van der Waals surface area contributed by atoms with E-state index in [2.05, 4.69) is 90.6 Å². The van der Waals surface area contributed by atoms with Gasteiger partial charge in [-0.2, -0.15) is 9.59 Å². The van der Waals surface area contributed by atoms with Gasteiger partial charge in [0, 0.05) is 25.6 Å². The number of piperidine rings is 1. The molecule has 1 aromatic carbocycles. The lowest BCUT2D eigenvalue weighted by molar-refractivity contribution is -0.253. The summed E-state index contributed by atoms with van der Waals surface area (Å²) in [5, 5.41) is 0. The van der Waals surface area contributed by atoms with Crippen LogP contribution in [0.2, 0.25) is 0 Å². The minimum absolute atomic E-state index is 0.00926. The quantitative estimate of drug-likeness (QED) is 0.255. The predicted octanol–water partition coefficient (Wildman–Crippen LogP) is 10.7. The normalized spacial score (nSPS) is 43.8. The van der Waals surface area contributed by atoms with Crippen molar-refractivity contribution in [2.45, 2.75) is 170 Å². The van der Waals surface area contributed by atoms with Crippen LogP contribution in [0.25, 0.3) is 0 Å². The van der Waals surface area contributed by atoms with E-state index in [4.69, 9.17) is 19.1 Å². The number of amides is 1. The van der Waals surface area contributed by atoms with Gasteiger partial charge in [-0.25, -0.2) is 0 Å². The molecule has 326 valence electrons. The molecule has 7 saturated carbocycles. The lowest BCUT2D eigenvalue weighted by Gasteiger charge is -2.73. The number of rotatable bonds is 7. The number of ether oxygens (including phenoxy) is 2. The Balaban J connectivity index is 0.00000157. The van der Waals surface area contributed by atoms with E-state index < -0.39 is 0 Å². The van der Waals surface area contributed by atoms with E-state index in [0.29, 0.717) is 52.9 Å². The highest BCUT2D eigenvalue weighted by molar-refractivity contribution is 5.84. The highest BCUT2D eigenvalue weighted by Crippen LogP contribution is 2.79. The molecule has 8 fully saturated rings. The Morgan fingerprint density at radius 2 is 1.39 bits per heavy atom. The number of carbonyl (C=O) groups is 2. The van der Waals surface area contributed by atoms with Crippen molar-refractivity contribution in [1.82, 2.24) is 4.90 Å². The molecule has 12 atom stereocenters. The van der Waals surface area contributed by atoms with Crippen LogP contribution in [0.5, 0.6) is 0 Å². The van der Waals surface area contributed by atoms with Crippen molar-refractivity contribution in [2.24, 2.45) is 79.3 Å². The third-order valence-electron chi connectivity index (χ3n) is 21.1. The standard InChI is InChI=1S/C51H77NO4.CO2/c1-45(2)34(31-33-13-11-10-12-14-33)32-38(45)43(53)56-41-19-22-48(6)39(46(41,3)4)18-23-50(8)40(48)16-15-37-42-36(47(5)25-26-47)17-24-51(42,28-27-49(37,50)7)44(54)52-29-20-35(55-9)21-30-52;2-1-3/h10-14,34-42H,15-32H2,1-9H3;/t34?,36-,37-,38-,39+,40-,41+,42-,48+,49-,50-,51+;/m1./s1. The summed E-state index contributed by atoms with van der Waals surface area (Å²) >= 11 is 0. The summed E-state index contributed by atoms with van der Waals surface area (Å²) in [6.45, 7) is 22.0. The first-order valence-electron chi connectivity index (χ1n) is 23.9. The molecule has 1 aliphatic heterocycles. The van der Waals surface area contributed by atoms with Crippen molar-refractivity contribution >= 4 is 18.0 Å². The molecule has 0 bridgehead atoms. The van der Waals surface area contributed by atoms with Crippen molar-refractivity contribution in [2.75, 3.05) is 20.2 Å². The smallest absolute Gasteiger partial charge is 0.373 e. The van der Waals surface area contributed by atoms with Crippen LogP contribution in [0.3, 0.4) is 0 Å². The molecule has 7 nitrogen and oxygen atoms in total. The van der Waals surface area contributed by atoms with Crippen LogP contribution in [0.1, 0.15) is 157 Å². The van der Waals surface area contributed by atoms with Crippen molar-refractivity contribution in [3.8, 4) is 0 Å². The van der Waals surface area contributed by atoms with Crippen LogP contribution in [0.15, 0.2) is 30.3 Å². The van der Waals surface area contributed by atoms with Crippen molar-refractivity contribution in [1.29, 1.82) is 0 Å². The van der Waals surface area contributed by atoms with Gasteiger partial charge in [-0.05, 0) is 171 Å². The number of nitrogens with zero attached hydrogens (tertiary/aromatic N) is 1. The van der Waals surface area contributed by atoms with Gasteiger partial charge in [0.2, 0.25) is 5.91 Å². The second kappa shape index (κ2) is 15.1. The minimum Gasteiger partial charge on any atom is -0.462 e. The van der Waals surface area contributed by atoms with E-state index in [1.165, 1.54) is 56.9 Å². The zero-order valence-electron chi connectivity index (χ0n) is 38.2. The highest BCUT2D eigenvalue weighted by atomic mass is 16.5. The minimum atomic E-state index is -0.162. The summed E-state index contributed by atoms with van der Waals surface area (Å²) in [5.41, 5.74) is 2.29. The largest absolute Gasteiger partial charge is 0.462 e. The maximum Gasteiger partial charge on any atom is 0.373 e. The monoisotopic (exact) mass is 812 g/mol. The summed E-state index contributed by atoms with van der Waals surface area (Å²) in [5.74, 6) is 4.16. The second-order valence-electron chi connectivity index (χ2n) is 23.7. The van der Waals surface area contributed by atoms with Gasteiger partial charge >= 0.3 is 12.1 Å². The van der Waals surface area contributed by atoms with Crippen LogP contribution < -0.4 is 0 Å². The highest BCUT2D eigenvalue weighted by Gasteiger charge is 2.74. The Morgan fingerprint density at radius 1 is 0.712 bits per heavy atom. The molecule has 1 heterocycles. The third kappa shape index (κ3) is 6.57. The van der Waals surface area contributed by atoms with Gasteiger partial charge in [-0.15, -0.1) is 0 Å². The van der Waals surface area contributed by atoms with Gasteiger partial charge in [-0.3, -0.25) is 9.59 Å². The molecule has 8 aliphatic rings. The molecule has 1 amide bonds. The molecule has 9 rings (SSSR count). The molecular formula is C52H77NO6. The molecule has 1 aromatic rings. The van der Waals surface area contributed by atoms with Crippen molar-refractivity contribution < 1.29 is 28.7 Å². The van der Waals surface area contributed by atoms with E-state index in [1.807, 2.05) is 7.11 Å². The first kappa shape index (κ1) is 43.2. The number of fused-ring (bicyclic) bond motifs is 7.